The van der Waals surface area contributed by atoms with Crippen LogP contribution in [-0.2, 0) is 14.3 Å². The summed E-state index contributed by atoms with van der Waals surface area (Å²) in [6, 6.07) is 5.68. The maximum atomic E-state index is 13.9. The lowest BCUT2D eigenvalue weighted by atomic mass is 9.89. The number of hydrogen-bond acceptors (Lipinski definition) is 8. The van der Waals surface area contributed by atoms with Gasteiger partial charge in [0.15, 0.2) is 5.43 Å². The SMILES string of the molecule is CN1CC[C@H](c2c(O)cc(O)c3c(=O)cc(-c4cc(F)ccc4Br)oc23)[C@H]1COS(C)(=O)=O. The van der Waals surface area contributed by atoms with E-state index in [2.05, 4.69) is 15.9 Å². The van der Waals surface area contributed by atoms with E-state index in [0.717, 1.165) is 18.4 Å². The van der Waals surface area contributed by atoms with Gasteiger partial charge in [-0.3, -0.25) is 8.98 Å². The summed E-state index contributed by atoms with van der Waals surface area (Å²) in [5.74, 6) is -1.72. The van der Waals surface area contributed by atoms with Crippen molar-refractivity contribution in [2.24, 2.45) is 0 Å². The van der Waals surface area contributed by atoms with E-state index < -0.39 is 39.1 Å². The number of likely N-dealkylation sites (tertiary alicyclic amines) is 1. The normalized spacial score (nSPS) is 19.4. The van der Waals surface area contributed by atoms with Crippen molar-refractivity contribution in [3.05, 3.63) is 56.4 Å². The summed E-state index contributed by atoms with van der Waals surface area (Å²) in [6.45, 7) is 0.408. The molecule has 0 aliphatic carbocycles. The fraction of sp³-hybridized carbons (Fsp3) is 0.318. The lowest BCUT2D eigenvalue weighted by Gasteiger charge is -2.25. The molecule has 0 unspecified atom stereocenters. The van der Waals surface area contributed by atoms with Crippen molar-refractivity contribution < 1.29 is 31.6 Å². The van der Waals surface area contributed by atoms with Crippen LogP contribution >= 0.6 is 15.9 Å². The van der Waals surface area contributed by atoms with Gasteiger partial charge in [-0.25, -0.2) is 4.39 Å². The molecule has 1 aliphatic rings. The molecular formula is C22H21BrFNO7S. The van der Waals surface area contributed by atoms with Crippen molar-refractivity contribution in [3.63, 3.8) is 0 Å². The standard InChI is InChI=1S/C22H21BrFNO7S/c1-25-6-5-12(15(25)10-31-33(2,29)30)20-16(26)8-17(27)21-18(28)9-19(32-22(20)21)13-7-11(24)3-4-14(13)23/h3-4,7-9,12,15,26-27H,5-6,10H2,1-2H3/t12-,15+/m0/s1. The van der Waals surface area contributed by atoms with Crippen LogP contribution in [0, 0.1) is 5.82 Å². The number of phenols is 2. The van der Waals surface area contributed by atoms with Crippen LogP contribution < -0.4 is 5.43 Å². The molecule has 2 N–H and O–H groups in total. The Balaban J connectivity index is 1.94. The molecule has 176 valence electrons. The molecule has 2 heterocycles. The molecule has 1 saturated heterocycles. The summed E-state index contributed by atoms with van der Waals surface area (Å²) >= 11 is 3.32. The van der Waals surface area contributed by atoms with E-state index in [1.54, 1.807) is 7.05 Å². The van der Waals surface area contributed by atoms with Gasteiger partial charge in [-0.15, -0.1) is 0 Å². The molecule has 1 fully saturated rings. The Morgan fingerprint density at radius 1 is 1.24 bits per heavy atom. The number of nitrogens with zero attached hydrogens (tertiary/aromatic N) is 1. The predicted molar refractivity (Wildman–Crippen MR) is 123 cm³/mol. The van der Waals surface area contributed by atoms with Crippen LogP contribution in [0.25, 0.3) is 22.3 Å². The van der Waals surface area contributed by atoms with Gasteiger partial charge in [-0.2, -0.15) is 8.42 Å². The fourth-order valence-corrected chi connectivity index (χ4v) is 5.11. The molecule has 0 radical (unpaired) electrons. The third-order valence-electron chi connectivity index (χ3n) is 5.84. The maximum absolute atomic E-state index is 13.9. The Morgan fingerprint density at radius 3 is 2.67 bits per heavy atom. The van der Waals surface area contributed by atoms with Gasteiger partial charge in [-0.1, -0.05) is 15.9 Å². The largest absolute Gasteiger partial charge is 0.507 e. The zero-order valence-corrected chi connectivity index (χ0v) is 20.1. The lowest BCUT2D eigenvalue weighted by molar-refractivity contribution is 0.193. The molecule has 2 atom stereocenters. The first-order valence-electron chi connectivity index (χ1n) is 9.99. The average molecular weight is 542 g/mol. The number of benzene rings is 2. The minimum Gasteiger partial charge on any atom is -0.507 e. The number of phenolic OH excluding ortho intramolecular Hbond substituents is 2. The van der Waals surface area contributed by atoms with Gasteiger partial charge in [0.05, 0.1) is 12.9 Å². The van der Waals surface area contributed by atoms with Gasteiger partial charge in [0.25, 0.3) is 10.1 Å². The van der Waals surface area contributed by atoms with Gasteiger partial charge in [-0.05, 0) is 38.2 Å². The molecule has 33 heavy (non-hydrogen) atoms. The molecule has 1 aromatic heterocycles. The van der Waals surface area contributed by atoms with Crippen molar-refractivity contribution >= 4 is 37.0 Å². The number of likely N-dealkylation sites (N-methyl/N-ethyl adjacent to an activating group) is 1. The quantitative estimate of drug-likeness (QED) is 0.471. The Morgan fingerprint density at radius 2 is 1.97 bits per heavy atom. The smallest absolute Gasteiger partial charge is 0.264 e. The number of aromatic hydroxyl groups is 2. The van der Waals surface area contributed by atoms with Gasteiger partial charge < -0.3 is 19.5 Å². The first-order valence-corrected chi connectivity index (χ1v) is 12.6. The van der Waals surface area contributed by atoms with E-state index >= 15 is 0 Å². The number of fused-ring (bicyclic) bond motifs is 1. The summed E-state index contributed by atoms with van der Waals surface area (Å²) in [5, 5.41) is 21.0. The number of halogens is 2. The first kappa shape index (κ1) is 23.7. The van der Waals surface area contributed by atoms with Crippen LogP contribution in [0.2, 0.25) is 0 Å². The van der Waals surface area contributed by atoms with E-state index in [1.165, 1.54) is 18.2 Å². The summed E-state index contributed by atoms with van der Waals surface area (Å²) < 4.78 is 48.5. The van der Waals surface area contributed by atoms with Crippen LogP contribution in [0.4, 0.5) is 4.39 Å². The van der Waals surface area contributed by atoms with Crippen LogP contribution in [-0.4, -0.2) is 56.0 Å². The summed E-state index contributed by atoms with van der Waals surface area (Å²) in [6.07, 6.45) is 1.46. The zero-order valence-electron chi connectivity index (χ0n) is 17.7. The van der Waals surface area contributed by atoms with Crippen molar-refractivity contribution in [1.82, 2.24) is 4.90 Å². The maximum Gasteiger partial charge on any atom is 0.264 e. The molecule has 3 aromatic rings. The van der Waals surface area contributed by atoms with Gasteiger partial charge in [0.2, 0.25) is 0 Å². The summed E-state index contributed by atoms with van der Waals surface area (Å²) in [4.78, 5) is 14.8. The van der Waals surface area contributed by atoms with Gasteiger partial charge in [0.1, 0.15) is 34.0 Å². The summed E-state index contributed by atoms with van der Waals surface area (Å²) in [7, 11) is -1.91. The van der Waals surface area contributed by atoms with E-state index in [-0.39, 0.29) is 40.2 Å². The van der Waals surface area contributed by atoms with Crippen LogP contribution in [0.5, 0.6) is 11.5 Å². The highest BCUT2D eigenvalue weighted by Gasteiger charge is 2.38. The van der Waals surface area contributed by atoms with Gasteiger partial charge >= 0.3 is 0 Å². The Kier molecular flexibility index (Phi) is 6.25. The van der Waals surface area contributed by atoms with E-state index in [1.807, 2.05) is 4.90 Å². The molecule has 8 nitrogen and oxygen atoms in total. The molecule has 0 amide bonds. The molecule has 1 aliphatic heterocycles. The minimum atomic E-state index is -3.70. The molecule has 0 bridgehead atoms. The number of rotatable bonds is 5. The Labute approximate surface area is 197 Å². The van der Waals surface area contributed by atoms with Gasteiger partial charge in [0, 0.05) is 39.7 Å². The second kappa shape index (κ2) is 8.71. The average Bonchev–Trinajstić information content (AvgIpc) is 3.07. The second-order valence-electron chi connectivity index (χ2n) is 8.06. The van der Waals surface area contributed by atoms with E-state index in [9.17, 15) is 27.8 Å². The minimum absolute atomic E-state index is 0.0420. The zero-order chi connectivity index (χ0) is 24.1. The topological polar surface area (TPSA) is 117 Å². The molecule has 4 rings (SSSR count). The third kappa shape index (κ3) is 4.63. The molecule has 0 spiro atoms. The summed E-state index contributed by atoms with van der Waals surface area (Å²) in [5.41, 5.74) is -0.0868. The van der Waals surface area contributed by atoms with E-state index in [4.69, 9.17) is 8.60 Å². The number of hydrogen-bond donors (Lipinski definition) is 2. The monoisotopic (exact) mass is 541 g/mol. The van der Waals surface area contributed by atoms with Crippen molar-refractivity contribution in [2.75, 3.05) is 26.5 Å². The van der Waals surface area contributed by atoms with Crippen molar-refractivity contribution in [1.29, 1.82) is 0 Å². The van der Waals surface area contributed by atoms with Crippen LogP contribution in [0.3, 0.4) is 0 Å². The predicted octanol–water partition coefficient (Wildman–Crippen LogP) is 3.54. The molecule has 0 saturated carbocycles. The second-order valence-corrected chi connectivity index (χ2v) is 10.6. The van der Waals surface area contributed by atoms with Crippen LogP contribution in [0.15, 0.2) is 44.0 Å². The van der Waals surface area contributed by atoms with E-state index in [0.29, 0.717) is 17.4 Å². The molecular weight excluding hydrogens is 521 g/mol. The first-order chi connectivity index (χ1) is 15.5. The fourth-order valence-electron chi connectivity index (χ4n) is 4.28. The van der Waals surface area contributed by atoms with Crippen LogP contribution in [0.1, 0.15) is 17.9 Å². The highest BCUT2D eigenvalue weighted by atomic mass is 79.9. The molecule has 2 aromatic carbocycles. The molecule has 11 heteroatoms. The van der Waals surface area contributed by atoms with Crippen molar-refractivity contribution in [2.45, 2.75) is 18.4 Å². The highest BCUT2D eigenvalue weighted by Crippen LogP contribution is 2.44. The highest BCUT2D eigenvalue weighted by molar-refractivity contribution is 9.10. The Hall–Kier alpha value is -2.47. The lowest BCUT2D eigenvalue weighted by Crippen LogP contribution is -2.34. The Bertz CT molecular complexity index is 1410. The third-order valence-corrected chi connectivity index (χ3v) is 7.09. The van der Waals surface area contributed by atoms with Crippen molar-refractivity contribution in [3.8, 4) is 22.8 Å².